The summed E-state index contributed by atoms with van der Waals surface area (Å²) in [5.74, 6) is 0.691. The van der Waals surface area contributed by atoms with Gasteiger partial charge in [-0.1, -0.05) is 6.07 Å². The predicted octanol–water partition coefficient (Wildman–Crippen LogP) is 3.06. The number of carbonyl (C=O) groups excluding carboxylic acids is 1. The highest BCUT2D eigenvalue weighted by Crippen LogP contribution is 2.26. The fourth-order valence-electron chi connectivity index (χ4n) is 2.62. The zero-order chi connectivity index (χ0) is 22.3. The minimum Gasteiger partial charge on any atom is -0.484 e. The molecule has 0 spiro atoms. The maximum absolute atomic E-state index is 12.6. The number of benzene rings is 1. The zero-order valence-electron chi connectivity index (χ0n) is 17.1. The van der Waals surface area contributed by atoms with E-state index in [1.165, 1.54) is 11.4 Å². The summed E-state index contributed by atoms with van der Waals surface area (Å²) in [6.07, 6.45) is 1.63. The van der Waals surface area contributed by atoms with Crippen molar-refractivity contribution in [3.63, 3.8) is 0 Å². The van der Waals surface area contributed by atoms with Crippen molar-refractivity contribution < 1.29 is 22.7 Å². The molecule has 0 aliphatic rings. The largest absolute Gasteiger partial charge is 0.484 e. The fourth-order valence-corrected chi connectivity index (χ4v) is 4.98. The minimum atomic E-state index is -3.59. The second kappa shape index (κ2) is 10.3. The van der Waals surface area contributed by atoms with Crippen LogP contribution in [0.25, 0.3) is 0 Å². The molecule has 0 radical (unpaired) electrons. The lowest BCUT2D eigenvalue weighted by Crippen LogP contribution is -2.28. The Labute approximate surface area is 185 Å². The molecule has 1 N–H and O–H groups in total. The van der Waals surface area contributed by atoms with Crippen molar-refractivity contribution in [1.82, 2.24) is 10.3 Å². The molecule has 3 aromatic rings. The van der Waals surface area contributed by atoms with Gasteiger partial charge < -0.3 is 14.8 Å². The Balaban J connectivity index is 1.51. The van der Waals surface area contributed by atoms with E-state index in [1.54, 1.807) is 60.1 Å². The van der Waals surface area contributed by atoms with Crippen LogP contribution >= 0.6 is 11.3 Å². The van der Waals surface area contributed by atoms with Crippen molar-refractivity contribution in [2.24, 2.45) is 0 Å². The van der Waals surface area contributed by atoms with Gasteiger partial charge in [0.15, 0.2) is 6.61 Å². The van der Waals surface area contributed by atoms with Crippen molar-refractivity contribution in [3.8, 4) is 11.6 Å². The number of aromatic nitrogens is 1. The lowest BCUT2D eigenvalue weighted by molar-refractivity contribution is -0.123. The summed E-state index contributed by atoms with van der Waals surface area (Å²) in [6.45, 7) is 2.56. The van der Waals surface area contributed by atoms with Crippen LogP contribution in [0.3, 0.4) is 0 Å². The molecule has 1 aromatic carbocycles. The Bertz CT molecular complexity index is 1100. The Kier molecular flexibility index (Phi) is 7.48. The molecule has 0 atom stereocenters. The highest BCUT2D eigenvalue weighted by Gasteiger charge is 2.22. The van der Waals surface area contributed by atoms with Crippen molar-refractivity contribution >= 4 is 33.0 Å². The van der Waals surface area contributed by atoms with E-state index in [9.17, 15) is 13.2 Å². The predicted molar refractivity (Wildman–Crippen MR) is 119 cm³/mol. The molecule has 164 valence electrons. The summed E-state index contributed by atoms with van der Waals surface area (Å²) in [4.78, 5) is 16.1. The molecule has 0 fully saturated rings. The average Bonchev–Trinajstić information content (AvgIpc) is 3.33. The highest BCUT2D eigenvalue weighted by molar-refractivity contribution is 7.94. The van der Waals surface area contributed by atoms with Crippen molar-refractivity contribution in [2.45, 2.75) is 17.7 Å². The van der Waals surface area contributed by atoms with Gasteiger partial charge in [-0.25, -0.2) is 13.4 Å². The van der Waals surface area contributed by atoms with E-state index in [4.69, 9.17) is 9.47 Å². The number of rotatable bonds is 10. The second-order valence-corrected chi connectivity index (χ2v) is 9.54. The van der Waals surface area contributed by atoms with E-state index in [0.717, 1.165) is 16.9 Å². The smallest absolute Gasteiger partial charge is 0.273 e. The monoisotopic (exact) mass is 461 g/mol. The lowest BCUT2D eigenvalue weighted by atomic mass is 10.2. The molecule has 0 unspecified atom stereocenters. The highest BCUT2D eigenvalue weighted by atomic mass is 32.2. The number of anilines is 1. The van der Waals surface area contributed by atoms with Gasteiger partial charge in [-0.15, -0.1) is 11.3 Å². The summed E-state index contributed by atoms with van der Waals surface area (Å²) in [6, 6.07) is 13.3. The first kappa shape index (κ1) is 22.6. The number of thiophene rings is 1. The number of nitrogens with one attached hydrogen (secondary N) is 1. The van der Waals surface area contributed by atoms with Gasteiger partial charge in [0.2, 0.25) is 5.88 Å². The van der Waals surface area contributed by atoms with Crippen molar-refractivity contribution in [3.05, 3.63) is 65.7 Å². The molecule has 2 heterocycles. The molecule has 2 aromatic heterocycles. The van der Waals surface area contributed by atoms with E-state index < -0.39 is 10.0 Å². The Morgan fingerprint density at radius 3 is 2.61 bits per heavy atom. The van der Waals surface area contributed by atoms with Gasteiger partial charge in [0.05, 0.1) is 12.3 Å². The van der Waals surface area contributed by atoms with Crippen molar-refractivity contribution in [1.29, 1.82) is 0 Å². The number of amides is 1. The first-order valence-corrected chi connectivity index (χ1v) is 11.8. The van der Waals surface area contributed by atoms with Gasteiger partial charge in [-0.05, 0) is 54.3 Å². The standard InChI is InChI=1S/C21H23N3O5S2/c1-3-28-20-13-16(10-11-22-20)14-23-19(25)15-29-18-8-6-17(7-9-18)24(2)31(26,27)21-5-4-12-30-21/h4-13H,3,14-15H2,1-2H3,(H,23,25). The molecule has 0 saturated heterocycles. The summed E-state index contributed by atoms with van der Waals surface area (Å²) in [5, 5.41) is 4.49. The third-order valence-electron chi connectivity index (χ3n) is 4.26. The van der Waals surface area contributed by atoms with Crippen LogP contribution in [0.2, 0.25) is 0 Å². The zero-order valence-corrected chi connectivity index (χ0v) is 18.8. The summed E-state index contributed by atoms with van der Waals surface area (Å²) in [5.41, 5.74) is 1.36. The molecule has 3 rings (SSSR count). The Morgan fingerprint density at radius 2 is 1.94 bits per heavy atom. The van der Waals surface area contributed by atoms with Crippen LogP contribution in [0.5, 0.6) is 11.6 Å². The summed E-state index contributed by atoms with van der Waals surface area (Å²) < 4.78 is 37.5. The van der Waals surface area contributed by atoms with E-state index >= 15 is 0 Å². The normalized spacial score (nSPS) is 11.0. The van der Waals surface area contributed by atoms with Gasteiger partial charge in [0, 0.05) is 25.9 Å². The number of sulfonamides is 1. The second-order valence-electron chi connectivity index (χ2n) is 6.40. The number of pyridine rings is 1. The average molecular weight is 462 g/mol. The number of hydrogen-bond acceptors (Lipinski definition) is 7. The quantitative estimate of drug-likeness (QED) is 0.498. The van der Waals surface area contributed by atoms with Crippen LogP contribution in [0.15, 0.2) is 64.3 Å². The number of ether oxygens (including phenoxy) is 2. The third-order valence-corrected chi connectivity index (χ3v) is 7.42. The SMILES string of the molecule is CCOc1cc(CNC(=O)COc2ccc(N(C)S(=O)(=O)c3cccs3)cc2)ccn1. The Hall–Kier alpha value is -3.11. The van der Waals surface area contributed by atoms with Crippen LogP contribution in [-0.2, 0) is 21.4 Å². The molecule has 8 nitrogen and oxygen atoms in total. The molecule has 0 aliphatic carbocycles. The minimum absolute atomic E-state index is 0.161. The van der Waals surface area contributed by atoms with Gasteiger partial charge in [0.25, 0.3) is 15.9 Å². The molecule has 31 heavy (non-hydrogen) atoms. The lowest BCUT2D eigenvalue weighted by Gasteiger charge is -2.18. The van der Waals surface area contributed by atoms with E-state index in [0.29, 0.717) is 30.5 Å². The van der Waals surface area contributed by atoms with E-state index in [-0.39, 0.29) is 16.7 Å². The first-order valence-electron chi connectivity index (χ1n) is 9.50. The molecule has 10 heteroatoms. The van der Waals surface area contributed by atoms with E-state index in [1.807, 2.05) is 6.92 Å². The van der Waals surface area contributed by atoms with Crippen LogP contribution in [0.1, 0.15) is 12.5 Å². The van der Waals surface area contributed by atoms with Crippen LogP contribution in [0.4, 0.5) is 5.69 Å². The molecule has 0 saturated carbocycles. The van der Waals surface area contributed by atoms with Crippen LogP contribution < -0.4 is 19.1 Å². The van der Waals surface area contributed by atoms with Crippen molar-refractivity contribution in [2.75, 3.05) is 24.6 Å². The van der Waals surface area contributed by atoms with Gasteiger partial charge in [-0.2, -0.15) is 0 Å². The molecular weight excluding hydrogens is 438 g/mol. The van der Waals surface area contributed by atoms with Gasteiger partial charge in [-0.3, -0.25) is 9.10 Å². The molecule has 0 aliphatic heterocycles. The maximum Gasteiger partial charge on any atom is 0.273 e. The number of hydrogen-bond donors (Lipinski definition) is 1. The summed E-state index contributed by atoms with van der Waals surface area (Å²) >= 11 is 1.16. The van der Waals surface area contributed by atoms with Crippen LogP contribution in [0, 0.1) is 0 Å². The van der Waals surface area contributed by atoms with E-state index in [2.05, 4.69) is 10.3 Å². The van der Waals surface area contributed by atoms with Crippen LogP contribution in [-0.4, -0.2) is 39.6 Å². The fraction of sp³-hybridized carbons (Fsp3) is 0.238. The Morgan fingerprint density at radius 1 is 1.16 bits per heavy atom. The van der Waals surface area contributed by atoms with Gasteiger partial charge >= 0.3 is 0 Å². The number of nitrogens with zero attached hydrogens (tertiary/aromatic N) is 2. The maximum atomic E-state index is 12.6. The third kappa shape index (κ3) is 5.96. The summed E-state index contributed by atoms with van der Waals surface area (Å²) in [7, 11) is -2.10. The first-order chi connectivity index (χ1) is 14.9. The molecule has 1 amide bonds. The topological polar surface area (TPSA) is 97.8 Å². The number of carbonyl (C=O) groups is 1. The molecular formula is C21H23N3O5S2. The van der Waals surface area contributed by atoms with Gasteiger partial charge in [0.1, 0.15) is 9.96 Å². The molecule has 0 bridgehead atoms.